The van der Waals surface area contributed by atoms with Crippen LogP contribution in [-0.2, 0) is 20.7 Å². The van der Waals surface area contributed by atoms with E-state index in [1.807, 2.05) is 0 Å². The fourth-order valence-electron chi connectivity index (χ4n) is 3.11. The van der Waals surface area contributed by atoms with Gasteiger partial charge in [-0.05, 0) is 24.1 Å². The summed E-state index contributed by atoms with van der Waals surface area (Å²) in [6.07, 6.45) is 0.962. The van der Waals surface area contributed by atoms with E-state index in [-0.39, 0.29) is 23.5 Å². The van der Waals surface area contributed by atoms with Crippen LogP contribution in [0.5, 0.6) is 0 Å². The molecular weight excluding hydrogens is 299 g/mol. The number of rotatable bonds is 4. The lowest BCUT2D eigenvalue weighted by Crippen LogP contribution is -2.44. The van der Waals surface area contributed by atoms with Crippen molar-refractivity contribution in [3.05, 3.63) is 35.6 Å². The summed E-state index contributed by atoms with van der Waals surface area (Å²) < 4.78 is 18.1. The van der Waals surface area contributed by atoms with Crippen molar-refractivity contribution in [2.24, 2.45) is 5.92 Å². The van der Waals surface area contributed by atoms with Crippen LogP contribution >= 0.6 is 0 Å². The Morgan fingerprint density at radius 2 is 1.91 bits per heavy atom. The molecule has 1 atom stereocenters. The lowest BCUT2D eigenvalue weighted by molar-refractivity contribution is -0.139. The molecule has 0 unspecified atom stereocenters. The Morgan fingerprint density at radius 1 is 1.22 bits per heavy atom. The molecule has 0 N–H and O–H groups in total. The van der Waals surface area contributed by atoms with Crippen molar-refractivity contribution in [3.8, 4) is 0 Å². The number of ether oxygens (including phenoxy) is 1. The molecule has 0 aromatic heterocycles. The zero-order valence-electron chi connectivity index (χ0n) is 13.0. The highest BCUT2D eigenvalue weighted by Gasteiger charge is 2.36. The van der Waals surface area contributed by atoms with E-state index in [9.17, 15) is 14.0 Å². The minimum atomic E-state index is -0.262. The highest BCUT2D eigenvalue weighted by Crippen LogP contribution is 2.21. The number of carbonyl (C=O) groups is 2. The first-order chi connectivity index (χ1) is 11.1. The predicted octanol–water partition coefficient (Wildman–Crippen LogP) is 1.08. The Balaban J connectivity index is 1.52. The van der Waals surface area contributed by atoms with Crippen LogP contribution in [0, 0.1) is 11.7 Å². The van der Waals surface area contributed by atoms with Crippen molar-refractivity contribution in [2.75, 3.05) is 39.4 Å². The fourth-order valence-corrected chi connectivity index (χ4v) is 3.11. The molecule has 124 valence electrons. The van der Waals surface area contributed by atoms with Gasteiger partial charge in [-0.1, -0.05) is 12.1 Å². The minimum absolute atomic E-state index is 0.0266. The molecule has 23 heavy (non-hydrogen) atoms. The maximum absolute atomic E-state index is 12.9. The summed E-state index contributed by atoms with van der Waals surface area (Å²) in [5, 5.41) is 0. The molecule has 2 fully saturated rings. The lowest BCUT2D eigenvalue weighted by atomic mass is 10.1. The van der Waals surface area contributed by atoms with Gasteiger partial charge in [0, 0.05) is 32.6 Å². The molecule has 6 heteroatoms. The van der Waals surface area contributed by atoms with E-state index in [2.05, 4.69) is 0 Å². The summed E-state index contributed by atoms with van der Waals surface area (Å²) in [5.41, 5.74) is 0.988. The summed E-state index contributed by atoms with van der Waals surface area (Å²) >= 11 is 0. The van der Waals surface area contributed by atoms with E-state index in [0.717, 1.165) is 5.56 Å². The number of nitrogens with zero attached hydrogens (tertiary/aromatic N) is 2. The number of carbonyl (C=O) groups excluding carboxylic acids is 2. The second-order valence-electron chi connectivity index (χ2n) is 6.05. The van der Waals surface area contributed by atoms with Gasteiger partial charge in [0.15, 0.2) is 0 Å². The smallest absolute Gasteiger partial charge is 0.228 e. The van der Waals surface area contributed by atoms with Crippen LogP contribution in [0.1, 0.15) is 12.0 Å². The van der Waals surface area contributed by atoms with Gasteiger partial charge in [-0.3, -0.25) is 9.59 Å². The Hall–Kier alpha value is -1.95. The molecule has 0 spiro atoms. The lowest BCUT2D eigenvalue weighted by Gasteiger charge is -2.29. The van der Waals surface area contributed by atoms with E-state index in [1.165, 1.54) is 12.1 Å². The molecule has 0 aliphatic carbocycles. The van der Waals surface area contributed by atoms with Crippen molar-refractivity contribution in [1.29, 1.82) is 0 Å². The van der Waals surface area contributed by atoms with Gasteiger partial charge in [0.2, 0.25) is 11.8 Å². The summed E-state index contributed by atoms with van der Waals surface area (Å²) in [7, 11) is 0. The van der Waals surface area contributed by atoms with Crippen molar-refractivity contribution >= 4 is 11.8 Å². The molecule has 2 heterocycles. The van der Waals surface area contributed by atoms with Gasteiger partial charge in [-0.2, -0.15) is 0 Å². The predicted molar refractivity (Wildman–Crippen MR) is 82.2 cm³/mol. The second kappa shape index (κ2) is 7.08. The number of amides is 2. The van der Waals surface area contributed by atoms with Crippen molar-refractivity contribution in [2.45, 2.75) is 12.8 Å². The second-order valence-corrected chi connectivity index (χ2v) is 6.05. The molecule has 1 aromatic rings. The zero-order chi connectivity index (χ0) is 16.2. The molecule has 2 aliphatic heterocycles. The summed E-state index contributed by atoms with van der Waals surface area (Å²) in [6.45, 7) is 3.41. The number of likely N-dealkylation sites (tertiary alicyclic amines) is 1. The van der Waals surface area contributed by atoms with Crippen molar-refractivity contribution in [3.63, 3.8) is 0 Å². The Morgan fingerprint density at radius 3 is 2.61 bits per heavy atom. The van der Waals surface area contributed by atoms with E-state index in [4.69, 9.17) is 4.74 Å². The zero-order valence-corrected chi connectivity index (χ0v) is 13.0. The van der Waals surface area contributed by atoms with Gasteiger partial charge in [-0.15, -0.1) is 0 Å². The SMILES string of the molecule is O=C1C[C@H](C(=O)N2CCOCC2)CN1CCc1ccc(F)cc1. The Labute approximate surface area is 135 Å². The first-order valence-electron chi connectivity index (χ1n) is 8.02. The highest BCUT2D eigenvalue weighted by atomic mass is 19.1. The number of hydrogen-bond donors (Lipinski definition) is 0. The third-order valence-corrected chi connectivity index (χ3v) is 4.47. The molecular formula is C17H21FN2O3. The topological polar surface area (TPSA) is 49.9 Å². The van der Waals surface area contributed by atoms with Gasteiger partial charge < -0.3 is 14.5 Å². The number of hydrogen-bond acceptors (Lipinski definition) is 3. The summed E-state index contributed by atoms with van der Waals surface area (Å²) in [6, 6.07) is 6.30. The van der Waals surface area contributed by atoms with E-state index in [1.54, 1.807) is 21.9 Å². The van der Waals surface area contributed by atoms with Gasteiger partial charge in [0.05, 0.1) is 19.1 Å². The van der Waals surface area contributed by atoms with E-state index < -0.39 is 0 Å². The minimum Gasteiger partial charge on any atom is -0.378 e. The van der Waals surface area contributed by atoms with Crippen LogP contribution < -0.4 is 0 Å². The molecule has 0 saturated carbocycles. The molecule has 5 nitrogen and oxygen atoms in total. The average molecular weight is 320 g/mol. The quantitative estimate of drug-likeness (QED) is 0.834. The first kappa shape index (κ1) is 15.9. The van der Waals surface area contributed by atoms with Crippen molar-refractivity contribution in [1.82, 2.24) is 9.80 Å². The van der Waals surface area contributed by atoms with Gasteiger partial charge in [-0.25, -0.2) is 4.39 Å². The Bertz CT molecular complexity index is 570. The first-order valence-corrected chi connectivity index (χ1v) is 8.02. The number of benzene rings is 1. The molecule has 2 saturated heterocycles. The third-order valence-electron chi connectivity index (χ3n) is 4.47. The largest absolute Gasteiger partial charge is 0.378 e. The van der Waals surface area contributed by atoms with Crippen LogP contribution in [0.3, 0.4) is 0 Å². The fraction of sp³-hybridized carbons (Fsp3) is 0.529. The number of morpholine rings is 1. The molecule has 0 bridgehead atoms. The molecule has 2 aliphatic rings. The molecule has 1 aromatic carbocycles. The molecule has 3 rings (SSSR count). The number of halogens is 1. The average Bonchev–Trinajstić information content (AvgIpc) is 2.95. The van der Waals surface area contributed by atoms with Crippen LogP contribution in [-0.4, -0.2) is 61.0 Å². The summed E-state index contributed by atoms with van der Waals surface area (Å²) in [5.74, 6) is -0.416. The highest BCUT2D eigenvalue weighted by molar-refractivity contribution is 5.89. The van der Waals surface area contributed by atoms with Crippen molar-refractivity contribution < 1.29 is 18.7 Å². The van der Waals surface area contributed by atoms with Gasteiger partial charge in [0.25, 0.3) is 0 Å². The summed E-state index contributed by atoms with van der Waals surface area (Å²) in [4.78, 5) is 28.1. The van der Waals surface area contributed by atoms with E-state index in [0.29, 0.717) is 52.2 Å². The monoisotopic (exact) mass is 320 g/mol. The molecule has 2 amide bonds. The van der Waals surface area contributed by atoms with Crippen LogP contribution in [0.2, 0.25) is 0 Å². The maximum atomic E-state index is 12.9. The van der Waals surface area contributed by atoms with Crippen LogP contribution in [0.25, 0.3) is 0 Å². The van der Waals surface area contributed by atoms with Gasteiger partial charge in [0.1, 0.15) is 5.82 Å². The molecule has 0 radical (unpaired) electrons. The van der Waals surface area contributed by atoms with Gasteiger partial charge >= 0.3 is 0 Å². The van der Waals surface area contributed by atoms with E-state index >= 15 is 0 Å². The normalized spacial score (nSPS) is 21.8. The standard InChI is InChI=1S/C17H21FN2O3/c18-15-3-1-13(2-4-15)5-6-20-12-14(11-16(20)21)17(22)19-7-9-23-10-8-19/h1-4,14H,5-12H2/t14-/m0/s1. The Kier molecular flexibility index (Phi) is 4.91. The maximum Gasteiger partial charge on any atom is 0.228 e. The van der Waals surface area contributed by atoms with Crippen LogP contribution in [0.15, 0.2) is 24.3 Å². The third kappa shape index (κ3) is 3.88. The van der Waals surface area contributed by atoms with Crippen LogP contribution in [0.4, 0.5) is 4.39 Å².